The number of nitro groups is 1. The fourth-order valence-corrected chi connectivity index (χ4v) is 3.01. The molecule has 0 N–H and O–H groups in total. The van der Waals surface area contributed by atoms with Crippen LogP contribution >= 0.6 is 0 Å². The summed E-state index contributed by atoms with van der Waals surface area (Å²) in [6.45, 7) is 1.58. The molecular weight excluding hydrogens is 363 g/mol. The molecule has 1 aromatic heterocycles. The van der Waals surface area contributed by atoms with Crippen molar-refractivity contribution in [1.82, 2.24) is 4.98 Å². The molecule has 0 bridgehead atoms. The molecule has 27 heavy (non-hydrogen) atoms. The Morgan fingerprint density at radius 1 is 1.15 bits per heavy atom. The third kappa shape index (κ3) is 3.76. The zero-order chi connectivity index (χ0) is 19.6. The van der Waals surface area contributed by atoms with E-state index in [0.717, 1.165) is 12.1 Å². The minimum atomic E-state index is -4.64. The van der Waals surface area contributed by atoms with E-state index in [1.54, 1.807) is 23.2 Å². The van der Waals surface area contributed by atoms with Crippen molar-refractivity contribution in [1.29, 1.82) is 5.26 Å². The van der Waals surface area contributed by atoms with Crippen molar-refractivity contribution in [2.75, 3.05) is 36.0 Å². The van der Waals surface area contributed by atoms with Gasteiger partial charge in [0.05, 0.1) is 16.1 Å². The van der Waals surface area contributed by atoms with Gasteiger partial charge in [-0.2, -0.15) is 18.4 Å². The average molecular weight is 377 g/mol. The van der Waals surface area contributed by atoms with Gasteiger partial charge in [0.25, 0.3) is 5.69 Å². The summed E-state index contributed by atoms with van der Waals surface area (Å²) in [7, 11) is 0. The van der Waals surface area contributed by atoms with E-state index in [2.05, 4.69) is 11.1 Å². The highest BCUT2D eigenvalue weighted by atomic mass is 19.4. The molecule has 1 fully saturated rings. The minimum Gasteiger partial charge on any atom is -0.362 e. The summed E-state index contributed by atoms with van der Waals surface area (Å²) in [6, 6.07) is 7.92. The molecule has 140 valence electrons. The quantitative estimate of drug-likeness (QED) is 0.603. The number of anilines is 2. The van der Waals surface area contributed by atoms with Crippen LogP contribution in [0.15, 0.2) is 36.5 Å². The summed E-state index contributed by atoms with van der Waals surface area (Å²) in [5, 5.41) is 20.4. The lowest BCUT2D eigenvalue weighted by Gasteiger charge is -2.36. The number of rotatable bonds is 3. The van der Waals surface area contributed by atoms with Crippen LogP contribution in [0.5, 0.6) is 0 Å². The Morgan fingerprint density at radius 2 is 1.81 bits per heavy atom. The normalized spacial score (nSPS) is 14.7. The molecule has 1 aromatic carbocycles. The molecule has 2 heterocycles. The van der Waals surface area contributed by atoms with Gasteiger partial charge in [-0.3, -0.25) is 10.1 Å². The molecule has 1 aliphatic rings. The van der Waals surface area contributed by atoms with E-state index in [1.807, 2.05) is 4.90 Å². The van der Waals surface area contributed by atoms with Gasteiger partial charge in [-0.05, 0) is 24.3 Å². The highest BCUT2D eigenvalue weighted by Gasteiger charge is 2.34. The number of aromatic nitrogens is 1. The monoisotopic (exact) mass is 377 g/mol. The second kappa shape index (κ2) is 7.11. The number of halogens is 3. The average Bonchev–Trinajstić information content (AvgIpc) is 2.67. The number of piperazine rings is 1. The van der Waals surface area contributed by atoms with Crippen LogP contribution in [-0.4, -0.2) is 36.1 Å². The SMILES string of the molecule is N#Cc1cccnc1N1CCN(c2ccc(C(F)(F)F)cc2[N+](=O)[O-])CC1. The molecule has 10 heteroatoms. The molecule has 2 aromatic rings. The Hall–Kier alpha value is -3.35. The summed E-state index contributed by atoms with van der Waals surface area (Å²) >= 11 is 0. The smallest absolute Gasteiger partial charge is 0.362 e. The van der Waals surface area contributed by atoms with Crippen LogP contribution in [0.3, 0.4) is 0 Å². The number of hydrogen-bond acceptors (Lipinski definition) is 6. The van der Waals surface area contributed by atoms with Gasteiger partial charge in [0.2, 0.25) is 0 Å². The molecule has 0 atom stereocenters. The number of nitro benzene ring substituents is 1. The zero-order valence-electron chi connectivity index (χ0n) is 14.0. The number of nitrogens with zero attached hydrogens (tertiary/aromatic N) is 5. The number of benzene rings is 1. The van der Waals surface area contributed by atoms with Gasteiger partial charge < -0.3 is 9.80 Å². The molecule has 0 amide bonds. The van der Waals surface area contributed by atoms with Crippen molar-refractivity contribution < 1.29 is 18.1 Å². The molecular formula is C17H14F3N5O2. The second-order valence-electron chi connectivity index (χ2n) is 5.92. The summed E-state index contributed by atoms with van der Waals surface area (Å²) in [5.74, 6) is 0.529. The highest BCUT2D eigenvalue weighted by Crippen LogP contribution is 2.37. The van der Waals surface area contributed by atoms with E-state index in [9.17, 15) is 28.5 Å². The fraction of sp³-hybridized carbons (Fsp3) is 0.294. The predicted molar refractivity (Wildman–Crippen MR) is 91.5 cm³/mol. The van der Waals surface area contributed by atoms with Crippen LogP contribution in [0.1, 0.15) is 11.1 Å². The van der Waals surface area contributed by atoms with Gasteiger partial charge in [0.15, 0.2) is 0 Å². The van der Waals surface area contributed by atoms with Crippen molar-refractivity contribution in [3.8, 4) is 6.07 Å². The number of pyridine rings is 1. The lowest BCUT2D eigenvalue weighted by molar-refractivity contribution is -0.384. The molecule has 0 aliphatic carbocycles. The van der Waals surface area contributed by atoms with E-state index >= 15 is 0 Å². The van der Waals surface area contributed by atoms with Gasteiger partial charge in [-0.1, -0.05) is 0 Å². The third-order valence-corrected chi connectivity index (χ3v) is 4.33. The minimum absolute atomic E-state index is 0.147. The summed E-state index contributed by atoms with van der Waals surface area (Å²) < 4.78 is 38.5. The zero-order valence-corrected chi connectivity index (χ0v) is 14.0. The topological polar surface area (TPSA) is 86.3 Å². The van der Waals surface area contributed by atoms with E-state index in [4.69, 9.17) is 0 Å². The van der Waals surface area contributed by atoms with E-state index in [0.29, 0.717) is 43.6 Å². The van der Waals surface area contributed by atoms with E-state index in [-0.39, 0.29) is 5.69 Å². The predicted octanol–water partition coefficient (Wildman–Crippen LogP) is 3.21. The Morgan fingerprint density at radius 3 is 2.41 bits per heavy atom. The van der Waals surface area contributed by atoms with Crippen LogP contribution < -0.4 is 9.80 Å². The van der Waals surface area contributed by atoms with Gasteiger partial charge in [0.1, 0.15) is 17.6 Å². The molecule has 0 spiro atoms. The lowest BCUT2D eigenvalue weighted by Crippen LogP contribution is -2.47. The van der Waals surface area contributed by atoms with Gasteiger partial charge in [-0.15, -0.1) is 0 Å². The van der Waals surface area contributed by atoms with Crippen molar-refractivity contribution in [2.45, 2.75) is 6.18 Å². The van der Waals surface area contributed by atoms with Gasteiger partial charge in [0, 0.05) is 38.4 Å². The molecule has 7 nitrogen and oxygen atoms in total. The first-order valence-electron chi connectivity index (χ1n) is 8.02. The standard InChI is InChI=1S/C17H14F3N5O2/c18-17(19,20)13-3-4-14(15(10-13)25(26)27)23-6-8-24(9-7-23)16-12(11-21)2-1-5-22-16/h1-5,10H,6-9H2. The van der Waals surface area contributed by atoms with Crippen LogP contribution in [-0.2, 0) is 6.18 Å². The van der Waals surface area contributed by atoms with Crippen LogP contribution in [0.2, 0.25) is 0 Å². The van der Waals surface area contributed by atoms with Gasteiger partial charge in [-0.25, -0.2) is 4.98 Å². The van der Waals surface area contributed by atoms with Gasteiger partial charge >= 0.3 is 6.18 Å². The number of nitriles is 1. The maximum absolute atomic E-state index is 12.8. The molecule has 0 saturated carbocycles. The fourth-order valence-electron chi connectivity index (χ4n) is 3.01. The number of alkyl halides is 3. The molecule has 1 aliphatic heterocycles. The van der Waals surface area contributed by atoms with Crippen molar-refractivity contribution in [3.05, 3.63) is 57.8 Å². The summed E-state index contributed by atoms with van der Waals surface area (Å²) in [6.07, 6.45) is -3.07. The largest absolute Gasteiger partial charge is 0.416 e. The van der Waals surface area contributed by atoms with Crippen LogP contribution in [0, 0.1) is 21.4 Å². The second-order valence-corrected chi connectivity index (χ2v) is 5.92. The first-order valence-corrected chi connectivity index (χ1v) is 8.02. The Balaban J connectivity index is 1.82. The number of hydrogen-bond donors (Lipinski definition) is 0. The third-order valence-electron chi connectivity index (χ3n) is 4.33. The molecule has 0 radical (unpaired) electrons. The van der Waals surface area contributed by atoms with Crippen molar-refractivity contribution >= 4 is 17.2 Å². The molecule has 3 rings (SSSR count). The van der Waals surface area contributed by atoms with Crippen molar-refractivity contribution in [3.63, 3.8) is 0 Å². The maximum atomic E-state index is 12.8. The maximum Gasteiger partial charge on any atom is 0.416 e. The van der Waals surface area contributed by atoms with E-state index < -0.39 is 22.4 Å². The summed E-state index contributed by atoms with van der Waals surface area (Å²) in [5.41, 5.74) is -1.06. The first-order chi connectivity index (χ1) is 12.8. The van der Waals surface area contributed by atoms with Crippen LogP contribution in [0.4, 0.5) is 30.4 Å². The Labute approximate surface area is 152 Å². The molecule has 1 saturated heterocycles. The Kier molecular flexibility index (Phi) is 4.85. The van der Waals surface area contributed by atoms with Crippen LogP contribution in [0.25, 0.3) is 0 Å². The van der Waals surface area contributed by atoms with E-state index in [1.165, 1.54) is 0 Å². The highest BCUT2D eigenvalue weighted by molar-refractivity contribution is 5.66. The summed E-state index contributed by atoms with van der Waals surface area (Å²) in [4.78, 5) is 18.2. The first kappa shape index (κ1) is 18.4. The van der Waals surface area contributed by atoms with Crippen molar-refractivity contribution in [2.24, 2.45) is 0 Å². The Bertz CT molecular complexity index is 902. The molecule has 0 unspecified atom stereocenters. The lowest BCUT2D eigenvalue weighted by atomic mass is 10.1.